The predicted molar refractivity (Wildman–Crippen MR) is 93.2 cm³/mol. The van der Waals surface area contributed by atoms with Gasteiger partial charge >= 0.3 is 0 Å². The molecular weight excluding hydrogens is 334 g/mol. The van der Waals surface area contributed by atoms with E-state index in [0.29, 0.717) is 6.42 Å². The van der Waals surface area contributed by atoms with Gasteiger partial charge in [-0.1, -0.05) is 0 Å². The molecule has 1 fully saturated rings. The van der Waals surface area contributed by atoms with Crippen LogP contribution >= 0.6 is 6.89 Å². The fraction of sp³-hybridized carbons (Fsp3) is 0.533. The Balaban J connectivity index is 1.92. The van der Waals surface area contributed by atoms with Gasteiger partial charge in [0.15, 0.2) is 11.9 Å². The molecule has 24 heavy (non-hydrogen) atoms. The van der Waals surface area contributed by atoms with Gasteiger partial charge in [-0.3, -0.25) is 4.57 Å². The van der Waals surface area contributed by atoms with Crippen LogP contribution in [0.25, 0.3) is 11.2 Å². The number of rotatable bonds is 4. The standard InChI is InChI=1S/C15H22FN4O3P/c1-24(2,3)7-5-9-11(21)12(22)14(23-9)20-13-10(19-15(20)16)8(17)4-6-18-13/h4,6,9,11-12,14,21-22H,1,5,7H2,2-3H3,(H2,17,18)/t9?,11-,12-,14-/m1/s1. The summed E-state index contributed by atoms with van der Waals surface area (Å²) in [7, 11) is 0. The van der Waals surface area contributed by atoms with Crippen LogP contribution in [0.5, 0.6) is 0 Å². The van der Waals surface area contributed by atoms with Crippen molar-refractivity contribution in [2.24, 2.45) is 0 Å². The first-order valence-corrected chi connectivity index (χ1v) is 10.7. The second-order valence-corrected chi connectivity index (χ2v) is 11.1. The molecule has 0 bridgehead atoms. The summed E-state index contributed by atoms with van der Waals surface area (Å²) in [5.74, 6) is 0. The van der Waals surface area contributed by atoms with Crippen molar-refractivity contribution in [1.82, 2.24) is 14.5 Å². The molecule has 7 nitrogen and oxygen atoms in total. The molecule has 1 aliphatic heterocycles. The van der Waals surface area contributed by atoms with Crippen molar-refractivity contribution in [1.29, 1.82) is 0 Å². The van der Waals surface area contributed by atoms with Crippen molar-refractivity contribution in [2.45, 2.75) is 31.0 Å². The minimum Gasteiger partial charge on any atom is -0.397 e. The molecule has 9 heteroatoms. The van der Waals surface area contributed by atoms with Crippen molar-refractivity contribution in [3.63, 3.8) is 0 Å². The van der Waals surface area contributed by atoms with Crippen LogP contribution in [0.3, 0.4) is 0 Å². The first kappa shape index (κ1) is 17.4. The molecule has 4 atom stereocenters. The van der Waals surface area contributed by atoms with Crippen molar-refractivity contribution in [3.8, 4) is 0 Å². The molecule has 1 aliphatic rings. The van der Waals surface area contributed by atoms with E-state index >= 15 is 0 Å². The van der Waals surface area contributed by atoms with Gasteiger partial charge in [0, 0.05) is 6.20 Å². The van der Waals surface area contributed by atoms with Gasteiger partial charge in [0.25, 0.3) is 6.08 Å². The molecule has 132 valence electrons. The van der Waals surface area contributed by atoms with Gasteiger partial charge in [-0.25, -0.2) is 4.98 Å². The topological polar surface area (TPSA) is 106 Å². The van der Waals surface area contributed by atoms with Crippen LogP contribution in [-0.2, 0) is 4.74 Å². The largest absolute Gasteiger partial charge is 0.397 e. The maximum Gasteiger partial charge on any atom is 0.293 e. The van der Waals surface area contributed by atoms with E-state index in [1.54, 1.807) is 0 Å². The molecule has 3 heterocycles. The van der Waals surface area contributed by atoms with E-state index < -0.39 is 37.5 Å². The van der Waals surface area contributed by atoms with E-state index in [4.69, 9.17) is 10.5 Å². The smallest absolute Gasteiger partial charge is 0.293 e. The summed E-state index contributed by atoms with van der Waals surface area (Å²) < 4.78 is 21.1. The third-order valence-electron chi connectivity index (χ3n) is 4.18. The number of nitrogens with zero attached hydrogens (tertiary/aromatic N) is 3. The lowest BCUT2D eigenvalue weighted by atomic mass is 10.1. The average Bonchev–Trinajstić information content (AvgIpc) is 2.96. The van der Waals surface area contributed by atoms with Crippen molar-refractivity contribution < 1.29 is 19.3 Å². The number of anilines is 1. The van der Waals surface area contributed by atoms with Crippen LogP contribution in [0.15, 0.2) is 12.3 Å². The van der Waals surface area contributed by atoms with Crippen LogP contribution in [0.4, 0.5) is 10.1 Å². The predicted octanol–water partition coefficient (Wildman–Crippen LogP) is 0.871. The molecule has 0 amide bonds. The van der Waals surface area contributed by atoms with Gasteiger partial charge < -0.3 is 20.7 Å². The number of fused-ring (bicyclic) bond motifs is 1. The first-order chi connectivity index (χ1) is 11.2. The van der Waals surface area contributed by atoms with E-state index in [0.717, 1.165) is 10.7 Å². The Kier molecular flexibility index (Phi) is 4.42. The van der Waals surface area contributed by atoms with E-state index in [1.807, 2.05) is 0 Å². The van der Waals surface area contributed by atoms with E-state index in [1.165, 1.54) is 12.3 Å². The van der Waals surface area contributed by atoms with Gasteiger partial charge in [0.2, 0.25) is 0 Å². The summed E-state index contributed by atoms with van der Waals surface area (Å²) >= 11 is 0. The van der Waals surface area contributed by atoms with Gasteiger partial charge in [0.1, 0.15) is 17.7 Å². The third kappa shape index (κ3) is 3.07. The number of halogens is 1. The summed E-state index contributed by atoms with van der Waals surface area (Å²) in [6, 6.07) is 1.52. The van der Waals surface area contributed by atoms with Crippen LogP contribution in [-0.4, -0.2) is 68.9 Å². The molecule has 4 N–H and O–H groups in total. The fourth-order valence-corrected chi connectivity index (χ4v) is 3.82. The Labute approximate surface area is 139 Å². The van der Waals surface area contributed by atoms with Crippen LogP contribution < -0.4 is 5.73 Å². The van der Waals surface area contributed by atoms with Crippen LogP contribution in [0.2, 0.25) is 0 Å². The maximum absolute atomic E-state index is 14.3. The molecule has 1 unspecified atom stereocenters. The first-order valence-electron chi connectivity index (χ1n) is 7.66. The highest BCUT2D eigenvalue weighted by molar-refractivity contribution is 7.72. The molecule has 2 aromatic rings. The number of imidazole rings is 1. The lowest BCUT2D eigenvalue weighted by Crippen LogP contribution is -2.32. The number of pyridine rings is 1. The monoisotopic (exact) mass is 356 g/mol. The highest BCUT2D eigenvalue weighted by Gasteiger charge is 2.45. The zero-order valence-electron chi connectivity index (χ0n) is 13.6. The number of ether oxygens (including phenoxy) is 1. The lowest BCUT2D eigenvalue weighted by Gasteiger charge is -2.18. The minimum atomic E-state index is -1.29. The number of aromatic nitrogens is 3. The SMILES string of the molecule is C=P(C)(C)CCC1O[C@@H](n2c(F)nc3c(N)ccnc32)[C@H](O)[C@@H]1O. The zero-order valence-corrected chi connectivity index (χ0v) is 14.5. The summed E-state index contributed by atoms with van der Waals surface area (Å²) in [5, 5.41) is 20.6. The number of aliphatic hydroxyl groups is 2. The Morgan fingerprint density at radius 3 is 2.79 bits per heavy atom. The summed E-state index contributed by atoms with van der Waals surface area (Å²) in [5.41, 5.74) is 6.44. The Bertz CT molecular complexity index is 805. The van der Waals surface area contributed by atoms with E-state index in [2.05, 4.69) is 29.6 Å². The second kappa shape index (κ2) is 6.11. The number of aliphatic hydroxyl groups excluding tert-OH is 2. The molecule has 0 spiro atoms. The highest BCUT2D eigenvalue weighted by atomic mass is 31.2. The Hall–Kier alpha value is -1.47. The van der Waals surface area contributed by atoms with Crippen molar-refractivity contribution in [3.05, 3.63) is 18.3 Å². The van der Waals surface area contributed by atoms with Gasteiger partial charge in [-0.15, -0.1) is 13.2 Å². The van der Waals surface area contributed by atoms with E-state index in [-0.39, 0.29) is 16.9 Å². The molecule has 0 aromatic carbocycles. The molecule has 0 radical (unpaired) electrons. The number of nitrogen functional groups attached to an aromatic ring is 1. The van der Waals surface area contributed by atoms with Gasteiger partial charge in [0.05, 0.1) is 11.8 Å². The molecule has 1 saturated heterocycles. The third-order valence-corrected chi connectivity index (χ3v) is 5.65. The van der Waals surface area contributed by atoms with Crippen LogP contribution in [0.1, 0.15) is 12.6 Å². The summed E-state index contributed by atoms with van der Waals surface area (Å²) in [4.78, 5) is 7.84. The lowest BCUT2D eigenvalue weighted by molar-refractivity contribution is -0.0412. The average molecular weight is 356 g/mol. The summed E-state index contributed by atoms with van der Waals surface area (Å²) in [6.07, 6.45) is 1.94. The van der Waals surface area contributed by atoms with Gasteiger partial charge in [-0.2, -0.15) is 9.37 Å². The number of nitrogens with two attached hydrogens (primary N) is 1. The Morgan fingerprint density at radius 1 is 1.42 bits per heavy atom. The van der Waals surface area contributed by atoms with E-state index in [9.17, 15) is 14.6 Å². The second-order valence-electron chi connectivity index (χ2n) is 6.82. The van der Waals surface area contributed by atoms with Crippen molar-refractivity contribution >= 4 is 30.0 Å². The molecule has 0 saturated carbocycles. The quantitative estimate of drug-likeness (QED) is 0.702. The summed E-state index contributed by atoms with van der Waals surface area (Å²) in [6.45, 7) is 2.87. The highest BCUT2D eigenvalue weighted by Crippen LogP contribution is 2.40. The number of hydrogen-bond acceptors (Lipinski definition) is 6. The molecule has 2 aromatic heterocycles. The van der Waals surface area contributed by atoms with Gasteiger partial charge in [-0.05, 0) is 32.0 Å². The Morgan fingerprint density at radius 2 is 2.12 bits per heavy atom. The number of hydrogen-bond donors (Lipinski definition) is 3. The normalized spacial score (nSPS) is 27.9. The molecule has 0 aliphatic carbocycles. The molecule has 3 rings (SSSR count). The minimum absolute atomic E-state index is 0.175. The van der Waals surface area contributed by atoms with Crippen molar-refractivity contribution in [2.75, 3.05) is 25.2 Å². The maximum atomic E-state index is 14.3. The molecular formula is C15H22FN4O3P. The fourth-order valence-electron chi connectivity index (χ4n) is 2.87. The zero-order chi connectivity index (χ0) is 17.6. The van der Waals surface area contributed by atoms with Crippen LogP contribution in [0, 0.1) is 6.08 Å².